The van der Waals surface area contributed by atoms with Gasteiger partial charge in [0.2, 0.25) is 0 Å². The van der Waals surface area contributed by atoms with Gasteiger partial charge in [-0.05, 0) is 35.4 Å². The van der Waals surface area contributed by atoms with Gasteiger partial charge >= 0.3 is 12.1 Å². The summed E-state index contributed by atoms with van der Waals surface area (Å²) in [5.41, 5.74) is 0.582. The molecule has 1 aromatic heterocycles. The van der Waals surface area contributed by atoms with E-state index >= 15 is 0 Å². The van der Waals surface area contributed by atoms with Crippen molar-refractivity contribution in [3.8, 4) is 5.75 Å². The first-order valence-electron chi connectivity index (χ1n) is 8.44. The smallest absolute Gasteiger partial charge is 0.417 e. The van der Waals surface area contributed by atoms with E-state index in [0.717, 1.165) is 6.07 Å². The Bertz CT molecular complexity index is 972. The lowest BCUT2D eigenvalue weighted by molar-refractivity contribution is -0.138. The molecule has 0 aliphatic rings. The van der Waals surface area contributed by atoms with Crippen molar-refractivity contribution in [1.29, 1.82) is 0 Å². The van der Waals surface area contributed by atoms with E-state index in [2.05, 4.69) is 5.16 Å². The maximum Gasteiger partial charge on any atom is 0.417 e. The molecule has 1 atom stereocenters. The number of carboxylic acid groups (broad SMARTS) is 1. The van der Waals surface area contributed by atoms with Gasteiger partial charge in [0.25, 0.3) is 0 Å². The molecule has 0 radical (unpaired) electrons. The maximum absolute atomic E-state index is 12.9. The first kappa shape index (κ1) is 20.7. The molecular weight excluding hydrogens is 411 g/mol. The van der Waals surface area contributed by atoms with Crippen LogP contribution < -0.4 is 4.74 Å². The van der Waals surface area contributed by atoms with Crippen LogP contribution in [0, 0.1) is 0 Å². The highest BCUT2D eigenvalue weighted by atomic mass is 35.5. The van der Waals surface area contributed by atoms with Gasteiger partial charge in [0.05, 0.1) is 22.7 Å². The largest absolute Gasteiger partial charge is 0.489 e. The number of ether oxygens (including phenoxy) is 1. The number of hydrogen-bond acceptors (Lipinski definition) is 4. The lowest BCUT2D eigenvalue weighted by Gasteiger charge is -2.14. The van der Waals surface area contributed by atoms with Crippen molar-refractivity contribution in [2.75, 3.05) is 0 Å². The lowest BCUT2D eigenvalue weighted by Crippen LogP contribution is -2.08. The van der Waals surface area contributed by atoms with Crippen LogP contribution in [0.4, 0.5) is 13.2 Å². The average Bonchev–Trinajstić information content (AvgIpc) is 3.19. The molecule has 0 bridgehead atoms. The molecule has 0 spiro atoms. The number of nitrogens with zero attached hydrogens (tertiary/aromatic N) is 1. The van der Waals surface area contributed by atoms with E-state index < -0.39 is 23.6 Å². The maximum atomic E-state index is 12.9. The summed E-state index contributed by atoms with van der Waals surface area (Å²) in [5.74, 6) is -1.06. The molecule has 29 heavy (non-hydrogen) atoms. The minimum atomic E-state index is -4.55. The van der Waals surface area contributed by atoms with Crippen molar-refractivity contribution < 1.29 is 32.3 Å². The summed E-state index contributed by atoms with van der Waals surface area (Å²) in [4.78, 5) is 11.2. The molecular formula is C20H15ClF3NO4. The van der Waals surface area contributed by atoms with E-state index in [4.69, 9.17) is 26.0 Å². The standard InChI is InChI=1S/C20H15ClF3NO4/c21-17-6-1-12(9-16(17)20(22,23)24)11-28-14-4-2-13(3-5-14)15(10-19(26)27)18-7-8-29-25-18/h1-9,15H,10-11H2,(H,26,27). The number of carbonyl (C=O) groups is 1. The highest BCUT2D eigenvalue weighted by Gasteiger charge is 2.33. The van der Waals surface area contributed by atoms with Crippen LogP contribution in [0.25, 0.3) is 0 Å². The number of hydrogen-bond donors (Lipinski definition) is 1. The Labute approximate surface area is 168 Å². The van der Waals surface area contributed by atoms with E-state index in [1.807, 2.05) is 0 Å². The molecule has 2 aromatic carbocycles. The number of carboxylic acids is 1. The van der Waals surface area contributed by atoms with Crippen LogP contribution in [0.3, 0.4) is 0 Å². The fraction of sp³-hybridized carbons (Fsp3) is 0.200. The Balaban J connectivity index is 1.72. The van der Waals surface area contributed by atoms with Crippen molar-refractivity contribution in [3.63, 3.8) is 0 Å². The van der Waals surface area contributed by atoms with E-state index in [1.54, 1.807) is 30.3 Å². The zero-order valence-electron chi connectivity index (χ0n) is 14.8. The molecule has 0 amide bonds. The number of alkyl halides is 3. The molecule has 0 saturated carbocycles. The number of aromatic nitrogens is 1. The van der Waals surface area contributed by atoms with Crippen LogP contribution in [-0.4, -0.2) is 16.2 Å². The van der Waals surface area contributed by atoms with E-state index in [9.17, 15) is 18.0 Å². The minimum Gasteiger partial charge on any atom is -0.489 e. The minimum absolute atomic E-state index is 0.0819. The summed E-state index contributed by atoms with van der Waals surface area (Å²) < 4.78 is 49.2. The van der Waals surface area contributed by atoms with Crippen LogP contribution in [-0.2, 0) is 17.6 Å². The van der Waals surface area contributed by atoms with Gasteiger partial charge in [-0.2, -0.15) is 13.2 Å². The Hall–Kier alpha value is -3.00. The van der Waals surface area contributed by atoms with Gasteiger partial charge in [-0.3, -0.25) is 4.79 Å². The molecule has 0 saturated heterocycles. The molecule has 1 N–H and O–H groups in total. The summed E-state index contributed by atoms with van der Waals surface area (Å²) in [6, 6.07) is 11.8. The summed E-state index contributed by atoms with van der Waals surface area (Å²) in [6.45, 7) is -0.0819. The molecule has 0 fully saturated rings. The highest BCUT2D eigenvalue weighted by molar-refractivity contribution is 6.31. The third-order valence-corrected chi connectivity index (χ3v) is 4.55. The third-order valence-electron chi connectivity index (χ3n) is 4.22. The van der Waals surface area contributed by atoms with E-state index in [1.165, 1.54) is 18.4 Å². The Morgan fingerprint density at radius 1 is 1.17 bits per heavy atom. The van der Waals surface area contributed by atoms with Crippen molar-refractivity contribution in [2.45, 2.75) is 25.1 Å². The van der Waals surface area contributed by atoms with Gasteiger partial charge in [0.1, 0.15) is 18.6 Å². The van der Waals surface area contributed by atoms with Crippen molar-refractivity contribution in [1.82, 2.24) is 5.16 Å². The normalized spacial score (nSPS) is 12.6. The fourth-order valence-electron chi connectivity index (χ4n) is 2.81. The monoisotopic (exact) mass is 425 g/mol. The topological polar surface area (TPSA) is 72.6 Å². The van der Waals surface area contributed by atoms with Crippen LogP contribution in [0.15, 0.2) is 59.3 Å². The van der Waals surface area contributed by atoms with Gasteiger partial charge in [-0.25, -0.2) is 0 Å². The number of benzene rings is 2. The second-order valence-corrected chi connectivity index (χ2v) is 6.65. The molecule has 152 valence electrons. The van der Waals surface area contributed by atoms with Gasteiger partial charge in [0, 0.05) is 12.0 Å². The van der Waals surface area contributed by atoms with Crippen molar-refractivity contribution in [2.24, 2.45) is 0 Å². The Morgan fingerprint density at radius 3 is 2.48 bits per heavy atom. The fourth-order valence-corrected chi connectivity index (χ4v) is 3.04. The first-order valence-corrected chi connectivity index (χ1v) is 8.82. The predicted molar refractivity (Wildman–Crippen MR) is 97.8 cm³/mol. The molecule has 3 aromatic rings. The van der Waals surface area contributed by atoms with Crippen molar-refractivity contribution in [3.05, 3.63) is 82.2 Å². The zero-order valence-corrected chi connectivity index (χ0v) is 15.6. The second kappa shape index (κ2) is 8.57. The average molecular weight is 426 g/mol. The zero-order chi connectivity index (χ0) is 21.0. The SMILES string of the molecule is O=C(O)CC(c1ccc(OCc2ccc(Cl)c(C(F)(F)F)c2)cc1)c1ccon1. The summed E-state index contributed by atoms with van der Waals surface area (Å²) >= 11 is 5.61. The van der Waals surface area contributed by atoms with E-state index in [-0.39, 0.29) is 18.1 Å². The summed E-state index contributed by atoms with van der Waals surface area (Å²) in [6.07, 6.45) is -3.35. The Morgan fingerprint density at radius 2 is 1.90 bits per heavy atom. The summed E-state index contributed by atoms with van der Waals surface area (Å²) in [7, 11) is 0. The van der Waals surface area contributed by atoms with E-state index in [0.29, 0.717) is 22.6 Å². The number of halogens is 4. The highest BCUT2D eigenvalue weighted by Crippen LogP contribution is 2.35. The number of rotatable bonds is 7. The molecule has 0 aliphatic carbocycles. The van der Waals surface area contributed by atoms with Gasteiger partial charge in [-0.1, -0.05) is 35.0 Å². The molecule has 3 rings (SSSR count). The second-order valence-electron chi connectivity index (χ2n) is 6.24. The van der Waals surface area contributed by atoms with Gasteiger partial charge in [0.15, 0.2) is 0 Å². The van der Waals surface area contributed by atoms with Gasteiger partial charge < -0.3 is 14.4 Å². The summed E-state index contributed by atoms with van der Waals surface area (Å²) in [5, 5.41) is 12.6. The van der Waals surface area contributed by atoms with Crippen LogP contribution in [0.1, 0.15) is 34.7 Å². The van der Waals surface area contributed by atoms with Crippen LogP contribution >= 0.6 is 11.6 Å². The molecule has 1 unspecified atom stereocenters. The molecule has 0 aliphatic heterocycles. The predicted octanol–water partition coefficient (Wildman–Crippen LogP) is 5.53. The first-order chi connectivity index (χ1) is 13.7. The Kier molecular flexibility index (Phi) is 6.12. The third kappa shape index (κ3) is 5.29. The number of aliphatic carboxylic acids is 1. The molecule has 1 heterocycles. The van der Waals surface area contributed by atoms with Gasteiger partial charge in [-0.15, -0.1) is 0 Å². The van der Waals surface area contributed by atoms with Crippen molar-refractivity contribution >= 4 is 17.6 Å². The van der Waals surface area contributed by atoms with Crippen LogP contribution in [0.5, 0.6) is 5.75 Å². The van der Waals surface area contributed by atoms with Crippen LogP contribution in [0.2, 0.25) is 5.02 Å². The molecule has 9 heteroatoms. The molecule has 5 nitrogen and oxygen atoms in total. The quantitative estimate of drug-likeness (QED) is 0.538. The lowest BCUT2D eigenvalue weighted by atomic mass is 9.92.